The van der Waals surface area contributed by atoms with E-state index in [1.165, 1.54) is 24.3 Å². The Morgan fingerprint density at radius 1 is 0.821 bits per heavy atom. The molecule has 1 N–H and O–H groups in total. The molecule has 146 valence electrons. The number of hydrogen-bond donors (Lipinski definition) is 1. The summed E-state index contributed by atoms with van der Waals surface area (Å²) in [6.07, 6.45) is 0. The van der Waals surface area contributed by atoms with Crippen LogP contribution in [-0.4, -0.2) is 7.11 Å². The molecule has 0 amide bonds. The number of nitrogens with one attached hydrogen (secondary N) is 1. The number of halogens is 3. The maximum absolute atomic E-state index is 13.0. The normalized spacial score (nSPS) is 10.7. The van der Waals surface area contributed by atoms with E-state index in [0.717, 1.165) is 21.2 Å². The fraction of sp³-hybridized carbons (Fsp3) is 0.182. The molecule has 3 nitrogen and oxygen atoms in total. The molecule has 0 heterocycles. The lowest BCUT2D eigenvalue weighted by Crippen LogP contribution is -2.13. The van der Waals surface area contributed by atoms with Crippen molar-refractivity contribution < 1.29 is 18.3 Å². The lowest BCUT2D eigenvalue weighted by molar-refractivity contribution is 0.284. The van der Waals surface area contributed by atoms with Crippen LogP contribution >= 0.6 is 15.9 Å². The van der Waals surface area contributed by atoms with Gasteiger partial charge in [0.25, 0.3) is 0 Å². The third kappa shape index (κ3) is 5.53. The molecule has 0 fully saturated rings. The first-order chi connectivity index (χ1) is 13.5. The summed E-state index contributed by atoms with van der Waals surface area (Å²) in [5.74, 6) is 0.693. The smallest absolute Gasteiger partial charge is 0.162 e. The van der Waals surface area contributed by atoms with E-state index in [-0.39, 0.29) is 11.6 Å². The molecule has 28 heavy (non-hydrogen) atoms. The van der Waals surface area contributed by atoms with E-state index in [9.17, 15) is 8.78 Å². The van der Waals surface area contributed by atoms with Crippen molar-refractivity contribution in [3.05, 3.63) is 93.5 Å². The first kappa shape index (κ1) is 20.3. The van der Waals surface area contributed by atoms with Crippen molar-refractivity contribution in [1.82, 2.24) is 5.32 Å². The van der Waals surface area contributed by atoms with Gasteiger partial charge in [0.05, 0.1) is 7.11 Å². The molecule has 0 atom stereocenters. The van der Waals surface area contributed by atoms with E-state index < -0.39 is 0 Å². The molecule has 3 rings (SSSR count). The Bertz CT molecular complexity index is 915. The lowest BCUT2D eigenvalue weighted by Gasteiger charge is -2.14. The second kappa shape index (κ2) is 9.66. The van der Waals surface area contributed by atoms with Gasteiger partial charge in [0.2, 0.25) is 0 Å². The largest absolute Gasteiger partial charge is 0.493 e. The van der Waals surface area contributed by atoms with Gasteiger partial charge < -0.3 is 14.8 Å². The summed E-state index contributed by atoms with van der Waals surface area (Å²) in [5, 5.41) is 3.33. The molecule has 3 aromatic carbocycles. The van der Waals surface area contributed by atoms with Gasteiger partial charge in [0.15, 0.2) is 11.5 Å². The van der Waals surface area contributed by atoms with E-state index in [0.29, 0.717) is 31.2 Å². The zero-order valence-electron chi connectivity index (χ0n) is 15.3. The molecular formula is C22H20BrF2NO2. The van der Waals surface area contributed by atoms with Gasteiger partial charge in [-0.3, -0.25) is 0 Å². The molecule has 6 heteroatoms. The standard InChI is InChI=1S/C22H20BrF2NO2/c1-27-21-10-17(13-26-12-15-2-6-18(24)7-3-15)20(23)11-22(21)28-14-16-4-8-19(25)9-5-16/h2-11,26H,12-14H2,1H3. The average molecular weight is 448 g/mol. The summed E-state index contributed by atoms with van der Waals surface area (Å²) < 4.78 is 38.1. The Morgan fingerprint density at radius 3 is 2.04 bits per heavy atom. The molecule has 0 spiro atoms. The molecule has 0 bridgehead atoms. The summed E-state index contributed by atoms with van der Waals surface area (Å²) in [6, 6.07) is 16.3. The summed E-state index contributed by atoms with van der Waals surface area (Å²) in [5.41, 5.74) is 2.88. The second-order valence-corrected chi connectivity index (χ2v) is 7.09. The van der Waals surface area contributed by atoms with Crippen molar-refractivity contribution in [2.75, 3.05) is 7.11 Å². The van der Waals surface area contributed by atoms with Crippen molar-refractivity contribution in [3.8, 4) is 11.5 Å². The molecule has 3 aromatic rings. The van der Waals surface area contributed by atoms with E-state index in [2.05, 4.69) is 21.2 Å². The predicted molar refractivity (Wildman–Crippen MR) is 108 cm³/mol. The van der Waals surface area contributed by atoms with Crippen molar-refractivity contribution in [2.24, 2.45) is 0 Å². The van der Waals surface area contributed by atoms with Gasteiger partial charge in [-0.1, -0.05) is 40.2 Å². The maximum Gasteiger partial charge on any atom is 0.162 e. The van der Waals surface area contributed by atoms with Crippen molar-refractivity contribution in [3.63, 3.8) is 0 Å². The minimum absolute atomic E-state index is 0.243. The quantitative estimate of drug-likeness (QED) is 0.487. The van der Waals surface area contributed by atoms with Gasteiger partial charge >= 0.3 is 0 Å². The van der Waals surface area contributed by atoms with Crippen LogP contribution in [0, 0.1) is 11.6 Å². The number of methoxy groups -OCH3 is 1. The van der Waals surface area contributed by atoms with E-state index in [1.807, 2.05) is 12.1 Å². The molecule has 0 aliphatic carbocycles. The summed E-state index contributed by atoms with van der Waals surface area (Å²) >= 11 is 3.57. The zero-order chi connectivity index (χ0) is 19.9. The number of rotatable bonds is 8. The SMILES string of the molecule is COc1cc(CNCc2ccc(F)cc2)c(Br)cc1OCc1ccc(F)cc1. The van der Waals surface area contributed by atoms with E-state index in [1.54, 1.807) is 31.4 Å². The van der Waals surface area contributed by atoms with Crippen LogP contribution in [-0.2, 0) is 19.7 Å². The molecule has 0 aliphatic heterocycles. The molecular weight excluding hydrogens is 428 g/mol. The van der Waals surface area contributed by atoms with Crippen LogP contribution in [0.15, 0.2) is 65.1 Å². The van der Waals surface area contributed by atoms with Gasteiger partial charge in [-0.15, -0.1) is 0 Å². The molecule has 0 radical (unpaired) electrons. The van der Waals surface area contributed by atoms with Gasteiger partial charge in [-0.05, 0) is 53.1 Å². The molecule has 0 aromatic heterocycles. The van der Waals surface area contributed by atoms with Gasteiger partial charge in [0.1, 0.15) is 18.2 Å². The molecule has 0 unspecified atom stereocenters. The predicted octanol–water partition coefficient (Wildman–Crippen LogP) is 5.60. The van der Waals surface area contributed by atoms with Crippen LogP contribution in [0.3, 0.4) is 0 Å². The highest BCUT2D eigenvalue weighted by atomic mass is 79.9. The lowest BCUT2D eigenvalue weighted by atomic mass is 10.1. The first-order valence-corrected chi connectivity index (χ1v) is 9.53. The number of benzene rings is 3. The van der Waals surface area contributed by atoms with Crippen LogP contribution < -0.4 is 14.8 Å². The number of hydrogen-bond acceptors (Lipinski definition) is 3. The number of ether oxygens (including phenoxy) is 2. The Hall–Kier alpha value is -2.44. The Balaban J connectivity index is 1.63. The highest BCUT2D eigenvalue weighted by Gasteiger charge is 2.11. The fourth-order valence-electron chi connectivity index (χ4n) is 2.67. The highest BCUT2D eigenvalue weighted by Crippen LogP contribution is 2.34. The summed E-state index contributed by atoms with van der Waals surface area (Å²) in [4.78, 5) is 0. The second-order valence-electron chi connectivity index (χ2n) is 6.24. The minimum Gasteiger partial charge on any atom is -0.493 e. The van der Waals surface area contributed by atoms with E-state index in [4.69, 9.17) is 9.47 Å². The first-order valence-electron chi connectivity index (χ1n) is 8.74. The maximum atomic E-state index is 13.0. The highest BCUT2D eigenvalue weighted by molar-refractivity contribution is 9.10. The van der Waals surface area contributed by atoms with Crippen molar-refractivity contribution >= 4 is 15.9 Å². The molecule has 0 saturated carbocycles. The van der Waals surface area contributed by atoms with Crippen molar-refractivity contribution in [2.45, 2.75) is 19.7 Å². The van der Waals surface area contributed by atoms with Crippen LogP contribution in [0.4, 0.5) is 8.78 Å². The Labute approximate surface area is 171 Å². The Morgan fingerprint density at radius 2 is 1.43 bits per heavy atom. The molecule has 0 saturated heterocycles. The van der Waals surface area contributed by atoms with Crippen LogP contribution in [0.2, 0.25) is 0 Å². The van der Waals surface area contributed by atoms with Crippen molar-refractivity contribution in [1.29, 1.82) is 0 Å². The van der Waals surface area contributed by atoms with Crippen LogP contribution in [0.1, 0.15) is 16.7 Å². The van der Waals surface area contributed by atoms with Crippen LogP contribution in [0.5, 0.6) is 11.5 Å². The third-order valence-corrected chi connectivity index (χ3v) is 4.94. The summed E-state index contributed by atoms with van der Waals surface area (Å²) in [7, 11) is 1.59. The average Bonchev–Trinajstić information content (AvgIpc) is 2.70. The Kier molecular flexibility index (Phi) is 7.01. The fourth-order valence-corrected chi connectivity index (χ4v) is 3.13. The van der Waals surface area contributed by atoms with Gasteiger partial charge in [-0.2, -0.15) is 0 Å². The summed E-state index contributed by atoms with van der Waals surface area (Å²) in [6.45, 7) is 1.54. The third-order valence-electron chi connectivity index (χ3n) is 4.20. The van der Waals surface area contributed by atoms with E-state index >= 15 is 0 Å². The van der Waals surface area contributed by atoms with Crippen LogP contribution in [0.25, 0.3) is 0 Å². The zero-order valence-corrected chi connectivity index (χ0v) is 16.9. The van der Waals surface area contributed by atoms with Gasteiger partial charge in [-0.25, -0.2) is 8.78 Å². The molecule has 0 aliphatic rings. The minimum atomic E-state index is -0.276. The van der Waals surface area contributed by atoms with Gasteiger partial charge in [0, 0.05) is 17.6 Å². The topological polar surface area (TPSA) is 30.5 Å². The monoisotopic (exact) mass is 447 g/mol.